The molecule has 2 rings (SSSR count). The Labute approximate surface area is 107 Å². The van der Waals surface area contributed by atoms with Gasteiger partial charge in [0, 0.05) is 5.56 Å². The molecule has 0 saturated heterocycles. The molecule has 1 aromatic carbocycles. The predicted molar refractivity (Wildman–Crippen MR) is 61.9 cm³/mol. The molecule has 0 fully saturated rings. The molecule has 0 aliphatic heterocycles. The molecule has 0 unspecified atom stereocenters. The van der Waals surface area contributed by atoms with Crippen LogP contribution in [0.25, 0.3) is 11.4 Å². The summed E-state index contributed by atoms with van der Waals surface area (Å²) >= 11 is 0. The molecule has 0 atom stereocenters. The van der Waals surface area contributed by atoms with E-state index < -0.39 is 13.0 Å². The minimum Gasteiger partial charge on any atom is -0.508 e. The Kier molecular flexibility index (Phi) is 4.40. The van der Waals surface area contributed by atoms with Crippen molar-refractivity contribution in [2.45, 2.75) is 12.8 Å². The Balaban J connectivity index is 1.92. The number of aromatic nitrogens is 2. The molecule has 0 aliphatic carbocycles. The summed E-state index contributed by atoms with van der Waals surface area (Å²) in [5, 5.41) is 13.1. The van der Waals surface area contributed by atoms with Crippen LogP contribution in [0.2, 0.25) is 0 Å². The molecule has 0 amide bonds. The van der Waals surface area contributed by atoms with Crippen molar-refractivity contribution >= 4 is 0 Å². The molecule has 1 aromatic heterocycles. The standard InChI is InChI=1S/C12H12F2N2O3/c13-10(14)7-18-5-4-11-15-12(16-19-11)8-2-1-3-9(17)6-8/h1-3,6,10,17H,4-5,7H2. The lowest BCUT2D eigenvalue weighted by molar-refractivity contribution is 0.0171. The van der Waals surface area contributed by atoms with Crippen molar-refractivity contribution in [3.8, 4) is 17.1 Å². The van der Waals surface area contributed by atoms with Gasteiger partial charge in [0.2, 0.25) is 11.7 Å². The Morgan fingerprint density at radius 1 is 1.37 bits per heavy atom. The molecule has 1 heterocycles. The highest BCUT2D eigenvalue weighted by Gasteiger charge is 2.09. The van der Waals surface area contributed by atoms with Gasteiger partial charge < -0.3 is 14.4 Å². The molecular formula is C12H12F2N2O3. The zero-order valence-corrected chi connectivity index (χ0v) is 9.92. The SMILES string of the molecule is Oc1cccc(-c2noc(CCOCC(F)F)n2)c1. The van der Waals surface area contributed by atoms with E-state index in [0.717, 1.165) is 0 Å². The normalized spacial score (nSPS) is 11.1. The highest BCUT2D eigenvalue weighted by atomic mass is 19.3. The summed E-state index contributed by atoms with van der Waals surface area (Å²) in [7, 11) is 0. The van der Waals surface area contributed by atoms with Gasteiger partial charge >= 0.3 is 0 Å². The van der Waals surface area contributed by atoms with Crippen molar-refractivity contribution < 1.29 is 23.1 Å². The largest absolute Gasteiger partial charge is 0.508 e. The maximum Gasteiger partial charge on any atom is 0.261 e. The molecule has 0 radical (unpaired) electrons. The molecule has 102 valence electrons. The monoisotopic (exact) mass is 270 g/mol. The van der Waals surface area contributed by atoms with Crippen molar-refractivity contribution in [3.05, 3.63) is 30.2 Å². The first-order valence-electron chi connectivity index (χ1n) is 5.63. The van der Waals surface area contributed by atoms with E-state index in [-0.39, 0.29) is 18.8 Å². The zero-order valence-electron chi connectivity index (χ0n) is 9.92. The fourth-order valence-electron chi connectivity index (χ4n) is 1.45. The van der Waals surface area contributed by atoms with Crippen LogP contribution in [-0.2, 0) is 11.2 Å². The lowest BCUT2D eigenvalue weighted by atomic mass is 10.2. The zero-order chi connectivity index (χ0) is 13.7. The number of rotatable bonds is 6. The van der Waals surface area contributed by atoms with Crippen LogP contribution in [-0.4, -0.2) is 34.9 Å². The average Bonchev–Trinajstić information content (AvgIpc) is 2.83. The van der Waals surface area contributed by atoms with Gasteiger partial charge in [-0.2, -0.15) is 4.98 Å². The summed E-state index contributed by atoms with van der Waals surface area (Å²) in [6, 6.07) is 6.42. The van der Waals surface area contributed by atoms with Crippen LogP contribution in [0.3, 0.4) is 0 Å². The lowest BCUT2D eigenvalue weighted by Crippen LogP contribution is -2.07. The summed E-state index contributed by atoms with van der Waals surface area (Å²) < 4.78 is 33.3. The van der Waals surface area contributed by atoms with E-state index in [4.69, 9.17) is 9.26 Å². The average molecular weight is 270 g/mol. The van der Waals surface area contributed by atoms with Gasteiger partial charge in [-0.1, -0.05) is 17.3 Å². The number of hydrogen-bond donors (Lipinski definition) is 1. The van der Waals surface area contributed by atoms with Crippen LogP contribution in [0.1, 0.15) is 5.89 Å². The number of alkyl halides is 2. The van der Waals surface area contributed by atoms with E-state index in [9.17, 15) is 13.9 Å². The number of ether oxygens (including phenoxy) is 1. The van der Waals surface area contributed by atoms with Crippen LogP contribution in [0.15, 0.2) is 28.8 Å². The van der Waals surface area contributed by atoms with Crippen LogP contribution in [0.5, 0.6) is 5.75 Å². The molecule has 0 bridgehead atoms. The molecule has 0 spiro atoms. The fraction of sp³-hybridized carbons (Fsp3) is 0.333. The van der Waals surface area contributed by atoms with Crippen LogP contribution < -0.4 is 0 Å². The van der Waals surface area contributed by atoms with Crippen LogP contribution in [0, 0.1) is 0 Å². The fourth-order valence-corrected chi connectivity index (χ4v) is 1.45. The summed E-state index contributed by atoms with van der Waals surface area (Å²) in [5.74, 6) is 0.733. The van der Waals surface area contributed by atoms with Gasteiger partial charge in [-0.05, 0) is 12.1 Å². The van der Waals surface area contributed by atoms with E-state index in [0.29, 0.717) is 17.3 Å². The number of hydrogen-bond acceptors (Lipinski definition) is 5. The van der Waals surface area contributed by atoms with Gasteiger partial charge in [-0.25, -0.2) is 8.78 Å². The van der Waals surface area contributed by atoms with Crippen LogP contribution in [0.4, 0.5) is 8.78 Å². The second-order valence-electron chi connectivity index (χ2n) is 3.78. The third kappa shape index (κ3) is 3.99. The highest BCUT2D eigenvalue weighted by Crippen LogP contribution is 2.20. The summed E-state index contributed by atoms with van der Waals surface area (Å²) in [4.78, 5) is 4.08. The molecule has 7 heteroatoms. The maximum atomic E-state index is 11.8. The van der Waals surface area contributed by atoms with E-state index >= 15 is 0 Å². The van der Waals surface area contributed by atoms with Gasteiger partial charge in [0.25, 0.3) is 6.43 Å². The van der Waals surface area contributed by atoms with Gasteiger partial charge in [-0.3, -0.25) is 0 Å². The van der Waals surface area contributed by atoms with Crippen molar-refractivity contribution in [2.75, 3.05) is 13.2 Å². The quantitative estimate of drug-likeness (QED) is 0.815. The Morgan fingerprint density at radius 3 is 2.95 bits per heavy atom. The predicted octanol–water partition coefficient (Wildman–Crippen LogP) is 2.27. The van der Waals surface area contributed by atoms with Gasteiger partial charge in [0.1, 0.15) is 12.4 Å². The third-order valence-corrected chi connectivity index (χ3v) is 2.28. The molecule has 1 N–H and O–H groups in total. The minimum atomic E-state index is -2.48. The van der Waals surface area contributed by atoms with Crippen molar-refractivity contribution in [2.24, 2.45) is 0 Å². The molecule has 5 nitrogen and oxygen atoms in total. The molecular weight excluding hydrogens is 258 g/mol. The number of halogens is 2. The molecule has 0 aliphatic rings. The van der Waals surface area contributed by atoms with E-state index in [2.05, 4.69) is 10.1 Å². The third-order valence-electron chi connectivity index (χ3n) is 2.28. The Morgan fingerprint density at radius 2 is 2.21 bits per heavy atom. The summed E-state index contributed by atoms with van der Waals surface area (Å²) in [5.41, 5.74) is 0.614. The molecule has 2 aromatic rings. The number of nitrogens with zero attached hydrogens (tertiary/aromatic N) is 2. The number of phenols is 1. The molecule has 19 heavy (non-hydrogen) atoms. The van der Waals surface area contributed by atoms with Gasteiger partial charge in [0.15, 0.2) is 0 Å². The first kappa shape index (κ1) is 13.4. The second-order valence-corrected chi connectivity index (χ2v) is 3.78. The number of benzene rings is 1. The first-order chi connectivity index (χ1) is 9.15. The van der Waals surface area contributed by atoms with Crippen molar-refractivity contribution in [1.29, 1.82) is 0 Å². The summed E-state index contributed by atoms with van der Waals surface area (Å²) in [6.45, 7) is -0.514. The van der Waals surface area contributed by atoms with E-state index in [1.54, 1.807) is 12.1 Å². The van der Waals surface area contributed by atoms with E-state index in [1.807, 2.05) is 0 Å². The van der Waals surface area contributed by atoms with Gasteiger partial charge in [-0.15, -0.1) is 0 Å². The first-order valence-corrected chi connectivity index (χ1v) is 5.63. The lowest BCUT2D eigenvalue weighted by Gasteiger charge is -1.99. The topological polar surface area (TPSA) is 68.4 Å². The number of aromatic hydroxyl groups is 1. The smallest absolute Gasteiger partial charge is 0.261 e. The summed E-state index contributed by atoms with van der Waals surface area (Å²) in [6.07, 6.45) is -2.22. The van der Waals surface area contributed by atoms with Crippen molar-refractivity contribution in [1.82, 2.24) is 10.1 Å². The second kappa shape index (κ2) is 6.24. The maximum absolute atomic E-state index is 11.8. The van der Waals surface area contributed by atoms with E-state index in [1.165, 1.54) is 12.1 Å². The van der Waals surface area contributed by atoms with Gasteiger partial charge in [0.05, 0.1) is 13.0 Å². The van der Waals surface area contributed by atoms with Crippen molar-refractivity contribution in [3.63, 3.8) is 0 Å². The highest BCUT2D eigenvalue weighted by molar-refractivity contribution is 5.56. The number of phenolic OH excluding ortho intramolecular Hbond substituents is 1. The van der Waals surface area contributed by atoms with Crippen LogP contribution >= 0.6 is 0 Å². The molecule has 0 saturated carbocycles. The minimum absolute atomic E-state index is 0.0893. The Hall–Kier alpha value is -2.02. The Bertz CT molecular complexity index is 531.